The van der Waals surface area contributed by atoms with Gasteiger partial charge < -0.3 is 87.7 Å². The molecule has 6 amide bonds. The van der Waals surface area contributed by atoms with E-state index < -0.39 is 100 Å². The van der Waals surface area contributed by atoms with Gasteiger partial charge in [-0.25, -0.2) is 63.1 Å². The number of benzene rings is 3. The average Bonchev–Trinajstić information content (AvgIpc) is 1.60. The first-order valence-corrected chi connectivity index (χ1v) is 52.7. The predicted molar refractivity (Wildman–Crippen MR) is 544 cm³/mol. The Labute approximate surface area is 913 Å². The van der Waals surface area contributed by atoms with Gasteiger partial charge in [0.05, 0.1) is 88.4 Å². The van der Waals surface area contributed by atoms with Crippen molar-refractivity contribution in [2.75, 3.05) is 19.6 Å². The van der Waals surface area contributed by atoms with E-state index in [1.54, 1.807) is 55.8 Å². The average molecular weight is 2170 g/mol. The Morgan fingerprint density at radius 3 is 1.07 bits per heavy atom. The van der Waals surface area contributed by atoms with Gasteiger partial charge in [-0.15, -0.1) is 0 Å². The Hall–Kier alpha value is -11.3. The molecule has 6 fully saturated rings. The fourth-order valence-electron chi connectivity index (χ4n) is 22.2. The standard InChI is InChI=1S/C38H49N6O6.C37H47N6O6.C36H45N6O6.3V/c1-6-27-31(22-45)44-21-32(27)49-34-29(41-28-15-14-26(19-30(28)42-34)48-23-25-20-39-17-18-40-25)13-9-7-8-11-24-12-10-16-38(24,5)50-36(47)43-33(35(44)46)37(2,3)4;1-5-26-30(21-44)43-20-32(26)48-34-28(40-27-15-14-25(18-29(27)41-34)47-22-24-19-38-16-17-39-24)12-8-6-7-10-23-11-9-13-31(23)49-36(46)42-33(35(43)45)37(2,3)4;1-6-25-29(20-43)42-19-30(25)47-32-27(39-26-13-12-24(16-28(26)40-32)46-21-23-18-37-14-15-38-23)11-9-7-8-10-22-17-36(22,5)48-34(45)41-31(33(42)44)35(2,3)4;;;/h14-15,17-20,24,27,31-33H,6-13,16,21,23H2,1-5H3,(H,43,47);14-19,23,26,30-33H,5-13,20,22H2,1-4H3,(H,42,46);12-16,18,22,25,29-31H,6-11,17,19,21H2,1-5H3,(H,41,45);;;/q3*-1;;;/t24-,27+,31-,32+,33-,38-;23-,26+,30-,31-,32+,33-;22-,25+,29-,30+,31-,36-;;;/m111.../s1. The van der Waals surface area contributed by atoms with Crippen LogP contribution in [0.4, 0.5) is 14.4 Å². The molecule has 9 aliphatic rings. The minimum absolute atomic E-state index is 0. The Balaban J connectivity index is 0.000000186. The minimum Gasteiger partial charge on any atom is -0.540 e. The third kappa shape index (κ3) is 28.2. The van der Waals surface area contributed by atoms with Crippen LogP contribution in [-0.4, -0.2) is 221 Å². The van der Waals surface area contributed by atoms with Crippen LogP contribution in [-0.2, 0) is 138 Å². The van der Waals surface area contributed by atoms with Gasteiger partial charge >= 0.3 is 18.3 Å². The Kier molecular flexibility index (Phi) is 39.7. The van der Waals surface area contributed by atoms with Crippen LogP contribution in [0.15, 0.2) is 110 Å². The molecule has 3 radical (unpaired) electrons. The zero-order chi connectivity index (χ0) is 104. The number of fused-ring (bicyclic) bond motifs is 15. The quantitative estimate of drug-likeness (QED) is 0.0634. The molecule has 3 saturated heterocycles. The van der Waals surface area contributed by atoms with Crippen LogP contribution in [0.25, 0.3) is 33.1 Å². The number of nitrogens with one attached hydrogen (secondary N) is 3. The van der Waals surface area contributed by atoms with Crippen molar-refractivity contribution in [1.82, 2.24) is 90.5 Å². The monoisotopic (exact) mass is 2170 g/mol. The van der Waals surface area contributed by atoms with Crippen molar-refractivity contribution in [3.05, 3.63) is 145 Å². The molecular formula is C111H141N18O18V3-3. The summed E-state index contributed by atoms with van der Waals surface area (Å²) >= 11 is 0. The Morgan fingerprint density at radius 2 is 0.720 bits per heavy atom. The molecule has 6 bridgehead atoms. The second kappa shape index (κ2) is 51.4. The molecule has 0 spiro atoms. The molecule has 36 nitrogen and oxygen atoms in total. The number of rotatable bonds is 15. The summed E-state index contributed by atoms with van der Waals surface area (Å²) in [5.41, 5.74) is 5.20. The number of amides is 6. The molecule has 0 unspecified atom stereocenters. The van der Waals surface area contributed by atoms with Crippen molar-refractivity contribution in [2.24, 2.45) is 51.8 Å². The summed E-state index contributed by atoms with van der Waals surface area (Å²) in [7, 11) is 0. The molecule has 3 aromatic carbocycles. The summed E-state index contributed by atoms with van der Waals surface area (Å²) in [6, 6.07) is 11.4. The van der Waals surface area contributed by atoms with E-state index in [2.05, 4.69) is 64.7 Å². The molecule has 39 heteroatoms. The van der Waals surface area contributed by atoms with Gasteiger partial charge in [0.15, 0.2) is 0 Å². The van der Waals surface area contributed by atoms with E-state index >= 15 is 0 Å². The number of aryl methyl sites for hydroxylation is 3. The number of aromatic nitrogens is 12. The van der Waals surface area contributed by atoms with Gasteiger partial charge in [0.2, 0.25) is 35.4 Å². The van der Waals surface area contributed by atoms with Crippen LogP contribution in [0.3, 0.4) is 0 Å². The molecule has 9 aromatic rings. The number of ether oxygens (including phenoxy) is 9. The number of hydrogen-bond acceptors (Lipinski definition) is 30. The summed E-state index contributed by atoms with van der Waals surface area (Å²) in [5.74, 6) is 1.70. The third-order valence-electron chi connectivity index (χ3n) is 30.7. The summed E-state index contributed by atoms with van der Waals surface area (Å²) in [5, 5.41) is 8.64. The van der Waals surface area contributed by atoms with Crippen LogP contribution in [0.2, 0.25) is 0 Å². The van der Waals surface area contributed by atoms with Crippen LogP contribution in [0.5, 0.6) is 34.9 Å². The molecule has 3 saturated carbocycles. The maximum Gasteiger partial charge on any atom is 0.408 e. The number of hydrogen-bond donors (Lipinski definition) is 3. The first kappa shape index (κ1) is 116. The molecule has 18 rings (SSSR count). The van der Waals surface area contributed by atoms with Crippen molar-refractivity contribution in [3.8, 4) is 34.9 Å². The van der Waals surface area contributed by atoms with Crippen molar-refractivity contribution in [3.63, 3.8) is 0 Å². The normalized spacial score (nSPS) is 27.1. The van der Waals surface area contributed by atoms with Crippen molar-refractivity contribution < 1.29 is 141 Å². The molecule has 801 valence electrons. The topological polar surface area (TPSA) is 437 Å². The maximum absolute atomic E-state index is 14.3. The first-order chi connectivity index (χ1) is 70.6. The van der Waals surface area contributed by atoms with Gasteiger partial charge in [0, 0.05) is 117 Å². The molecule has 150 heavy (non-hydrogen) atoms. The maximum atomic E-state index is 14.3. The summed E-state index contributed by atoms with van der Waals surface area (Å²) < 4.78 is 55.9. The van der Waals surface area contributed by atoms with Crippen LogP contribution >= 0.6 is 0 Å². The van der Waals surface area contributed by atoms with Crippen molar-refractivity contribution in [1.29, 1.82) is 0 Å². The molecule has 6 aromatic heterocycles. The first-order valence-electron chi connectivity index (χ1n) is 52.7. The zero-order valence-corrected chi connectivity index (χ0v) is 92.6. The van der Waals surface area contributed by atoms with E-state index in [1.807, 2.05) is 152 Å². The molecule has 12 heterocycles. The van der Waals surface area contributed by atoms with Gasteiger partial charge in [-0.1, -0.05) is 159 Å². The van der Waals surface area contributed by atoms with E-state index in [0.717, 1.165) is 156 Å². The van der Waals surface area contributed by atoms with Gasteiger partial charge in [0.1, 0.15) is 108 Å². The molecule has 3 aliphatic carbocycles. The number of carbonyl (C=O) groups excluding carboxylic acids is 9. The SMILES string of the molecule is CC[C@@H]1[C@@H]2CN(C(=O)[C@H](C(C)(C)C)NC(=O)O[C@@H]3CCC[C@H]3CCCCCc3nc4ccc(OCc5cnccn5)cc4nc3O2)[C@@H]1[C-]=O.CC[C@@H]1[C@@H]2CN(C(=O)[C@H](C(C)(C)C)NC(=O)O[C@]3(C)CCC[C@H]3CCCCCc3nc4ccc(OCc5cnccn5)cc4nc3O2)[C@@H]1[C-]=O.CC[C@@H]1[C@@H]2CN(C(=O)[C@H](C(C)(C)C)NC(=O)O[C@]3(C)C[C@H]3CCCCCc3nc4ccc(OCc5cnccn5)cc4nc3O2)[C@@H]1[C-]=O.[V].[V].[V]. The zero-order valence-electron chi connectivity index (χ0n) is 88.4. The van der Waals surface area contributed by atoms with E-state index in [1.165, 1.54) is 14.7 Å². The number of nitrogens with zero attached hydrogens (tertiary/aromatic N) is 15. The van der Waals surface area contributed by atoms with Gasteiger partial charge in [-0.2, -0.15) is 0 Å². The number of carbonyl (C=O) groups is 6. The molecule has 18 atom stereocenters. The van der Waals surface area contributed by atoms with E-state index in [4.69, 9.17) is 72.5 Å². The second-order valence-electron chi connectivity index (χ2n) is 44.3. The Bertz CT molecular complexity index is 6140. The van der Waals surface area contributed by atoms with Crippen LogP contribution in [0, 0.1) is 51.8 Å². The summed E-state index contributed by atoms with van der Waals surface area (Å²) in [6.45, 7) is 28.1. The van der Waals surface area contributed by atoms with Crippen molar-refractivity contribution >= 4 is 88.0 Å². The predicted octanol–water partition coefficient (Wildman–Crippen LogP) is 16.5. The van der Waals surface area contributed by atoms with Crippen molar-refractivity contribution in [2.45, 2.75) is 349 Å². The summed E-state index contributed by atoms with van der Waals surface area (Å²) in [4.78, 5) is 180. The minimum atomic E-state index is -0.930. The smallest absolute Gasteiger partial charge is 0.408 e. The molecule has 6 aliphatic heterocycles. The Morgan fingerprint density at radius 1 is 0.380 bits per heavy atom. The van der Waals surface area contributed by atoms with Gasteiger partial charge in [-0.05, 0) is 199 Å². The largest absolute Gasteiger partial charge is 0.540 e. The number of alkyl carbamates (subject to hydrolysis) is 3. The van der Waals surface area contributed by atoms with Gasteiger partial charge in [-0.3, -0.25) is 44.3 Å². The van der Waals surface area contributed by atoms with E-state index in [9.17, 15) is 43.2 Å². The fraction of sp³-hybridized carbons (Fsp3) is 0.595. The van der Waals surface area contributed by atoms with Crippen LogP contribution in [0.1, 0.15) is 272 Å². The fourth-order valence-corrected chi connectivity index (χ4v) is 22.2. The molecule has 3 N–H and O–H groups in total. The summed E-state index contributed by atoms with van der Waals surface area (Å²) in [6.07, 6.45) is 39.0. The van der Waals surface area contributed by atoms with Gasteiger partial charge in [0.25, 0.3) is 0 Å². The van der Waals surface area contributed by atoms with E-state index in [0.29, 0.717) is 107 Å². The second-order valence-corrected chi connectivity index (χ2v) is 44.3. The van der Waals surface area contributed by atoms with E-state index in [-0.39, 0.29) is 154 Å². The third-order valence-corrected chi connectivity index (χ3v) is 30.7. The van der Waals surface area contributed by atoms with Crippen LogP contribution < -0.4 is 44.4 Å². The molecular weight excluding hydrogens is 2030 g/mol.